The number of hydrogen-bond donors (Lipinski definition) is 1. The van der Waals surface area contributed by atoms with Gasteiger partial charge in [0.25, 0.3) is 5.91 Å². The lowest BCUT2D eigenvalue weighted by atomic mass is 10.0. The SMILES string of the molecule is CNC1CCN(C(=O)c2nnn(-c3ccc4ncccc4c3)c2C)CC1.Cl.Cl. The van der Waals surface area contributed by atoms with Gasteiger partial charge in [-0.05, 0) is 51.1 Å². The van der Waals surface area contributed by atoms with Gasteiger partial charge in [0.15, 0.2) is 5.69 Å². The average Bonchev–Trinajstić information content (AvgIpc) is 3.08. The number of hydrogen-bond acceptors (Lipinski definition) is 5. The van der Waals surface area contributed by atoms with E-state index in [1.165, 1.54) is 0 Å². The molecule has 4 rings (SSSR count). The minimum absolute atomic E-state index is 0. The van der Waals surface area contributed by atoms with Gasteiger partial charge >= 0.3 is 0 Å². The van der Waals surface area contributed by atoms with Crippen LogP contribution in [0, 0.1) is 6.92 Å². The van der Waals surface area contributed by atoms with Crippen LogP contribution in [0.3, 0.4) is 0 Å². The lowest BCUT2D eigenvalue weighted by Crippen LogP contribution is -2.44. The molecule has 1 N–H and O–H groups in total. The number of piperidine rings is 1. The molecular formula is C19H24Cl2N6O. The minimum atomic E-state index is -0.0363. The number of rotatable bonds is 3. The molecule has 1 amide bonds. The molecule has 0 radical (unpaired) electrons. The molecule has 2 aromatic heterocycles. The van der Waals surface area contributed by atoms with Crippen molar-refractivity contribution in [2.24, 2.45) is 0 Å². The number of aromatic nitrogens is 4. The Morgan fingerprint density at radius 3 is 2.64 bits per heavy atom. The molecule has 9 heteroatoms. The van der Waals surface area contributed by atoms with Crippen LogP contribution in [0.5, 0.6) is 0 Å². The lowest BCUT2D eigenvalue weighted by Gasteiger charge is -2.31. The van der Waals surface area contributed by atoms with Crippen molar-refractivity contribution in [3.05, 3.63) is 47.9 Å². The summed E-state index contributed by atoms with van der Waals surface area (Å²) in [6.07, 6.45) is 3.71. The van der Waals surface area contributed by atoms with Gasteiger partial charge in [-0.1, -0.05) is 11.3 Å². The molecule has 0 saturated carbocycles. The third-order valence-electron chi connectivity index (χ3n) is 5.12. The van der Waals surface area contributed by atoms with Crippen LogP contribution in [0.1, 0.15) is 29.0 Å². The fourth-order valence-electron chi connectivity index (χ4n) is 3.49. The Morgan fingerprint density at radius 1 is 1.18 bits per heavy atom. The summed E-state index contributed by atoms with van der Waals surface area (Å²) in [5.41, 5.74) is 2.99. The Bertz CT molecular complexity index is 953. The molecule has 28 heavy (non-hydrogen) atoms. The first-order valence-electron chi connectivity index (χ1n) is 8.91. The number of carbonyl (C=O) groups is 1. The van der Waals surface area contributed by atoms with Gasteiger partial charge in [0.05, 0.1) is 16.9 Å². The van der Waals surface area contributed by atoms with Crippen molar-refractivity contribution in [2.75, 3.05) is 20.1 Å². The highest BCUT2D eigenvalue weighted by Crippen LogP contribution is 2.20. The van der Waals surface area contributed by atoms with Crippen LogP contribution < -0.4 is 5.32 Å². The van der Waals surface area contributed by atoms with Gasteiger partial charge in [0.2, 0.25) is 0 Å². The zero-order valence-electron chi connectivity index (χ0n) is 15.8. The van der Waals surface area contributed by atoms with Crippen molar-refractivity contribution in [2.45, 2.75) is 25.8 Å². The Hall–Kier alpha value is -2.22. The van der Waals surface area contributed by atoms with E-state index >= 15 is 0 Å². The highest BCUT2D eigenvalue weighted by molar-refractivity contribution is 5.93. The molecule has 0 bridgehead atoms. The maximum atomic E-state index is 12.9. The number of amides is 1. The van der Waals surface area contributed by atoms with Crippen molar-refractivity contribution >= 4 is 41.6 Å². The van der Waals surface area contributed by atoms with Gasteiger partial charge in [-0.25, -0.2) is 4.68 Å². The fourth-order valence-corrected chi connectivity index (χ4v) is 3.49. The van der Waals surface area contributed by atoms with Crippen molar-refractivity contribution in [1.29, 1.82) is 0 Å². The first-order chi connectivity index (χ1) is 12.7. The molecule has 1 saturated heterocycles. The van der Waals surface area contributed by atoms with E-state index in [2.05, 4.69) is 20.6 Å². The zero-order chi connectivity index (χ0) is 18.1. The first-order valence-corrected chi connectivity index (χ1v) is 8.91. The highest BCUT2D eigenvalue weighted by atomic mass is 35.5. The van der Waals surface area contributed by atoms with E-state index in [4.69, 9.17) is 0 Å². The predicted octanol–water partition coefficient (Wildman–Crippen LogP) is 2.79. The van der Waals surface area contributed by atoms with Crippen molar-refractivity contribution in [3.63, 3.8) is 0 Å². The van der Waals surface area contributed by atoms with E-state index in [-0.39, 0.29) is 30.7 Å². The van der Waals surface area contributed by atoms with E-state index in [0.717, 1.165) is 48.2 Å². The van der Waals surface area contributed by atoms with Gasteiger partial charge in [-0.3, -0.25) is 9.78 Å². The lowest BCUT2D eigenvalue weighted by molar-refractivity contribution is 0.0700. The Labute approximate surface area is 176 Å². The molecule has 3 heterocycles. The fraction of sp³-hybridized carbons (Fsp3) is 0.368. The number of benzene rings is 1. The quantitative estimate of drug-likeness (QED) is 0.701. The molecule has 0 spiro atoms. The van der Waals surface area contributed by atoms with E-state index in [9.17, 15) is 4.79 Å². The summed E-state index contributed by atoms with van der Waals surface area (Å²) in [4.78, 5) is 19.1. The van der Waals surface area contributed by atoms with Gasteiger partial charge in [-0.15, -0.1) is 29.9 Å². The van der Waals surface area contributed by atoms with E-state index in [0.29, 0.717) is 11.7 Å². The Kier molecular flexibility index (Phi) is 7.35. The summed E-state index contributed by atoms with van der Waals surface area (Å²) in [7, 11) is 1.97. The van der Waals surface area contributed by atoms with Crippen LogP contribution in [-0.4, -0.2) is 57.0 Å². The standard InChI is InChI=1S/C19H22N6O.2ClH/c1-13-18(19(26)24-10-7-15(20-2)8-11-24)22-23-25(13)16-5-6-17-14(12-16)4-3-9-21-17;;/h3-6,9,12,15,20H,7-8,10-11H2,1-2H3;2*1H. The molecular weight excluding hydrogens is 399 g/mol. The van der Waals surface area contributed by atoms with E-state index in [1.54, 1.807) is 10.9 Å². The predicted molar refractivity (Wildman–Crippen MR) is 114 cm³/mol. The Balaban J connectivity index is 0.00000140. The number of likely N-dealkylation sites (tertiary alicyclic amines) is 1. The van der Waals surface area contributed by atoms with Crippen LogP contribution in [0.25, 0.3) is 16.6 Å². The number of fused-ring (bicyclic) bond motifs is 1. The smallest absolute Gasteiger partial charge is 0.276 e. The second-order valence-electron chi connectivity index (χ2n) is 6.67. The topological polar surface area (TPSA) is 75.9 Å². The van der Waals surface area contributed by atoms with E-state index < -0.39 is 0 Å². The molecule has 0 aliphatic carbocycles. The number of halogens is 2. The largest absolute Gasteiger partial charge is 0.337 e. The third kappa shape index (κ3) is 4.11. The maximum absolute atomic E-state index is 12.9. The molecule has 7 nitrogen and oxygen atoms in total. The van der Waals surface area contributed by atoms with Gasteiger partial charge in [0.1, 0.15) is 0 Å². The average molecular weight is 423 g/mol. The molecule has 0 unspecified atom stereocenters. The number of pyridine rings is 1. The molecule has 1 fully saturated rings. The summed E-state index contributed by atoms with van der Waals surface area (Å²) >= 11 is 0. The molecule has 1 aromatic carbocycles. The van der Waals surface area contributed by atoms with Gasteiger partial charge < -0.3 is 10.2 Å². The van der Waals surface area contributed by atoms with Crippen LogP contribution in [-0.2, 0) is 0 Å². The molecule has 150 valence electrons. The molecule has 1 aliphatic rings. The third-order valence-corrected chi connectivity index (χ3v) is 5.12. The van der Waals surface area contributed by atoms with Crippen LogP contribution >= 0.6 is 24.8 Å². The summed E-state index contributed by atoms with van der Waals surface area (Å²) in [6, 6.07) is 10.3. The molecule has 0 atom stereocenters. The second kappa shape index (κ2) is 9.32. The monoisotopic (exact) mass is 422 g/mol. The van der Waals surface area contributed by atoms with Gasteiger partial charge in [-0.2, -0.15) is 0 Å². The highest BCUT2D eigenvalue weighted by Gasteiger charge is 2.26. The number of nitrogens with zero attached hydrogens (tertiary/aromatic N) is 5. The maximum Gasteiger partial charge on any atom is 0.276 e. The van der Waals surface area contributed by atoms with Gasteiger partial charge in [0, 0.05) is 30.7 Å². The summed E-state index contributed by atoms with van der Waals surface area (Å²) in [5, 5.41) is 12.7. The summed E-state index contributed by atoms with van der Waals surface area (Å²) in [6.45, 7) is 3.39. The summed E-state index contributed by atoms with van der Waals surface area (Å²) < 4.78 is 1.72. The van der Waals surface area contributed by atoms with Crippen molar-refractivity contribution in [1.82, 2.24) is 30.2 Å². The van der Waals surface area contributed by atoms with E-state index in [1.807, 2.05) is 49.2 Å². The number of carbonyl (C=O) groups excluding carboxylic acids is 1. The normalized spacial score (nSPS) is 14.4. The minimum Gasteiger partial charge on any atom is -0.337 e. The van der Waals surface area contributed by atoms with Crippen LogP contribution in [0.4, 0.5) is 0 Å². The van der Waals surface area contributed by atoms with Crippen LogP contribution in [0.15, 0.2) is 36.5 Å². The van der Waals surface area contributed by atoms with Crippen LogP contribution in [0.2, 0.25) is 0 Å². The summed E-state index contributed by atoms with van der Waals surface area (Å²) in [5.74, 6) is -0.0363. The molecule has 1 aliphatic heterocycles. The number of nitrogens with one attached hydrogen (secondary N) is 1. The zero-order valence-corrected chi connectivity index (χ0v) is 17.5. The first kappa shape index (κ1) is 22.1. The second-order valence-corrected chi connectivity index (χ2v) is 6.67. The Morgan fingerprint density at radius 2 is 1.93 bits per heavy atom. The van der Waals surface area contributed by atoms with Crippen molar-refractivity contribution in [3.8, 4) is 5.69 Å². The molecule has 3 aromatic rings. The van der Waals surface area contributed by atoms with Crippen molar-refractivity contribution < 1.29 is 4.79 Å².